The molecule has 2 aliphatic rings. The van der Waals surface area contributed by atoms with E-state index in [1.807, 2.05) is 18.8 Å². The molecule has 1 N–H and O–H groups in total. The second-order valence-electron chi connectivity index (χ2n) is 6.71. The molecule has 0 aliphatic carbocycles. The molecule has 0 spiro atoms. The zero-order valence-corrected chi connectivity index (χ0v) is 18.9. The molecule has 2 fully saturated rings. The Balaban J connectivity index is 0.00000288. The van der Waals surface area contributed by atoms with Gasteiger partial charge < -0.3 is 15.0 Å². The third kappa shape index (κ3) is 5.92. The number of likely N-dealkylation sites (tertiary alicyclic amines) is 1. The minimum atomic E-state index is 0. The molecule has 0 bridgehead atoms. The largest absolute Gasteiger partial charge is 0.381 e. The maximum atomic E-state index is 5.53. The first-order chi connectivity index (χ1) is 11.1. The number of hydrogen-bond donors (Lipinski definition) is 1. The van der Waals surface area contributed by atoms with Gasteiger partial charge in [-0.15, -0.1) is 24.0 Å². The molecule has 142 valence electrons. The number of guanidine groups is 1. The lowest BCUT2D eigenvalue weighted by Crippen LogP contribution is -2.50. The maximum absolute atomic E-state index is 5.53. The van der Waals surface area contributed by atoms with E-state index in [0.717, 1.165) is 51.6 Å². The van der Waals surface area contributed by atoms with Gasteiger partial charge in [-0.2, -0.15) is 11.8 Å². The Hall–Kier alpha value is 0.270. The second-order valence-corrected chi connectivity index (χ2v) is 7.98. The van der Waals surface area contributed by atoms with Crippen molar-refractivity contribution in [2.24, 2.45) is 4.99 Å². The first-order valence-electron chi connectivity index (χ1n) is 8.93. The van der Waals surface area contributed by atoms with Gasteiger partial charge in [-0.25, -0.2) is 0 Å². The number of likely N-dealkylation sites (N-methyl/N-ethyl adjacent to an activating group) is 2. The van der Waals surface area contributed by atoms with Crippen LogP contribution in [-0.4, -0.2) is 86.3 Å². The fourth-order valence-electron chi connectivity index (χ4n) is 3.74. The van der Waals surface area contributed by atoms with Gasteiger partial charge in [0.25, 0.3) is 0 Å². The zero-order chi connectivity index (χ0) is 16.7. The lowest BCUT2D eigenvalue weighted by molar-refractivity contribution is 0.0781. The molecule has 5 nitrogen and oxygen atoms in total. The minimum absolute atomic E-state index is 0. The van der Waals surface area contributed by atoms with Crippen LogP contribution in [0.2, 0.25) is 0 Å². The highest BCUT2D eigenvalue weighted by Crippen LogP contribution is 2.33. The molecule has 0 aromatic carbocycles. The Labute approximate surface area is 169 Å². The van der Waals surface area contributed by atoms with E-state index >= 15 is 0 Å². The van der Waals surface area contributed by atoms with E-state index in [2.05, 4.69) is 40.3 Å². The molecule has 2 heterocycles. The summed E-state index contributed by atoms with van der Waals surface area (Å²) in [5.41, 5.74) is 0. The number of nitrogens with zero attached hydrogens (tertiary/aromatic N) is 3. The van der Waals surface area contributed by atoms with Gasteiger partial charge in [0.05, 0.1) is 0 Å². The third-order valence-electron chi connectivity index (χ3n) is 5.37. The molecule has 0 amide bonds. The molecule has 2 saturated heterocycles. The molecule has 2 rings (SSSR count). The molecule has 7 heteroatoms. The average molecular weight is 470 g/mol. The van der Waals surface area contributed by atoms with Gasteiger partial charge in [0.1, 0.15) is 0 Å². The van der Waals surface area contributed by atoms with Crippen molar-refractivity contribution in [2.45, 2.75) is 43.4 Å². The molecule has 0 aromatic heterocycles. The van der Waals surface area contributed by atoms with Crippen molar-refractivity contribution in [3.63, 3.8) is 0 Å². The summed E-state index contributed by atoms with van der Waals surface area (Å²) in [5, 5.41) is 3.62. The van der Waals surface area contributed by atoms with Gasteiger partial charge in [0.2, 0.25) is 0 Å². The van der Waals surface area contributed by atoms with Crippen LogP contribution in [0.25, 0.3) is 0 Å². The van der Waals surface area contributed by atoms with Crippen molar-refractivity contribution in [3.8, 4) is 0 Å². The molecule has 2 aliphatic heterocycles. The summed E-state index contributed by atoms with van der Waals surface area (Å²) in [5.74, 6) is 1.02. The van der Waals surface area contributed by atoms with Crippen LogP contribution in [0.5, 0.6) is 0 Å². The van der Waals surface area contributed by atoms with Gasteiger partial charge in [0, 0.05) is 51.2 Å². The fourth-order valence-corrected chi connectivity index (χ4v) is 4.53. The molecular weight excluding hydrogens is 435 g/mol. The maximum Gasteiger partial charge on any atom is 0.193 e. The van der Waals surface area contributed by atoms with Crippen molar-refractivity contribution in [2.75, 3.05) is 59.7 Å². The highest BCUT2D eigenvalue weighted by Gasteiger charge is 2.32. The first kappa shape index (κ1) is 22.3. The van der Waals surface area contributed by atoms with E-state index in [-0.39, 0.29) is 28.7 Å². The Bertz CT molecular complexity index is 391. The van der Waals surface area contributed by atoms with E-state index in [1.54, 1.807) is 0 Å². The van der Waals surface area contributed by atoms with Crippen LogP contribution in [0.4, 0.5) is 0 Å². The number of aliphatic imine (C=N–C) groups is 1. The first-order valence-corrected chi connectivity index (χ1v) is 10.2. The third-order valence-corrected chi connectivity index (χ3v) is 6.79. The van der Waals surface area contributed by atoms with E-state index < -0.39 is 0 Å². The molecular formula is C17H35IN4OS. The van der Waals surface area contributed by atoms with Gasteiger partial charge in [-0.1, -0.05) is 6.92 Å². The highest BCUT2D eigenvalue weighted by molar-refractivity contribution is 14.0. The summed E-state index contributed by atoms with van der Waals surface area (Å²) in [4.78, 5) is 9.39. The normalized spacial score (nSPS) is 24.5. The smallest absolute Gasteiger partial charge is 0.193 e. The summed E-state index contributed by atoms with van der Waals surface area (Å²) in [6.45, 7) is 8.45. The number of rotatable bonds is 6. The summed E-state index contributed by atoms with van der Waals surface area (Å²) in [7, 11) is 4.05. The average Bonchev–Trinajstić information content (AvgIpc) is 3.03. The standard InChI is InChI=1S/C17H34N4OS.HI/c1-5-21-10-6-7-15(21)13-20(3)16(18-2)19-14-17(23-4)8-11-22-12-9-17;/h15H,5-14H2,1-4H3,(H,18,19);1H. The van der Waals surface area contributed by atoms with Crippen LogP contribution >= 0.6 is 35.7 Å². The van der Waals surface area contributed by atoms with Crippen LogP contribution in [-0.2, 0) is 4.74 Å². The SMILES string of the molecule is CCN1CCCC1CN(C)C(=NC)NCC1(SC)CCOCC1.I. The summed E-state index contributed by atoms with van der Waals surface area (Å²) >= 11 is 1.97. The summed E-state index contributed by atoms with van der Waals surface area (Å²) in [6, 6.07) is 0.668. The van der Waals surface area contributed by atoms with Crippen LogP contribution < -0.4 is 5.32 Å². The van der Waals surface area contributed by atoms with Crippen LogP contribution in [0, 0.1) is 0 Å². The minimum Gasteiger partial charge on any atom is -0.381 e. The number of halogens is 1. The monoisotopic (exact) mass is 470 g/mol. The van der Waals surface area contributed by atoms with E-state index in [4.69, 9.17) is 4.74 Å². The Morgan fingerprint density at radius 3 is 2.71 bits per heavy atom. The van der Waals surface area contributed by atoms with Crippen molar-refractivity contribution in [1.82, 2.24) is 15.1 Å². The van der Waals surface area contributed by atoms with Gasteiger partial charge in [-0.05, 0) is 45.0 Å². The molecule has 0 radical (unpaired) electrons. The Morgan fingerprint density at radius 2 is 2.12 bits per heavy atom. The van der Waals surface area contributed by atoms with Gasteiger partial charge in [0.15, 0.2) is 5.96 Å². The molecule has 24 heavy (non-hydrogen) atoms. The zero-order valence-electron chi connectivity index (χ0n) is 15.7. The fraction of sp³-hybridized carbons (Fsp3) is 0.941. The highest BCUT2D eigenvalue weighted by atomic mass is 127. The Morgan fingerprint density at radius 1 is 1.42 bits per heavy atom. The van der Waals surface area contributed by atoms with Crippen molar-refractivity contribution < 1.29 is 4.74 Å². The number of nitrogens with one attached hydrogen (secondary N) is 1. The van der Waals surface area contributed by atoms with Crippen molar-refractivity contribution in [1.29, 1.82) is 0 Å². The number of ether oxygens (including phenoxy) is 1. The predicted octanol–water partition coefficient (Wildman–Crippen LogP) is 2.51. The summed E-state index contributed by atoms with van der Waals surface area (Å²) < 4.78 is 5.82. The van der Waals surface area contributed by atoms with E-state index in [0.29, 0.717) is 6.04 Å². The van der Waals surface area contributed by atoms with Crippen LogP contribution in [0.1, 0.15) is 32.6 Å². The summed E-state index contributed by atoms with van der Waals surface area (Å²) in [6.07, 6.45) is 7.09. The Kier molecular flexibility index (Phi) is 10.3. The van der Waals surface area contributed by atoms with Crippen molar-refractivity contribution in [3.05, 3.63) is 0 Å². The number of hydrogen-bond acceptors (Lipinski definition) is 4. The molecule has 1 unspecified atom stereocenters. The molecule has 0 saturated carbocycles. The quantitative estimate of drug-likeness (QED) is 0.367. The van der Waals surface area contributed by atoms with Crippen LogP contribution in [0.15, 0.2) is 4.99 Å². The molecule has 1 atom stereocenters. The topological polar surface area (TPSA) is 40.1 Å². The number of thioether (sulfide) groups is 1. The van der Waals surface area contributed by atoms with Crippen molar-refractivity contribution >= 4 is 41.7 Å². The van der Waals surface area contributed by atoms with Crippen LogP contribution in [0.3, 0.4) is 0 Å². The lowest BCUT2D eigenvalue weighted by Gasteiger charge is -2.37. The van der Waals surface area contributed by atoms with Gasteiger partial charge >= 0.3 is 0 Å². The molecule has 0 aromatic rings. The lowest BCUT2D eigenvalue weighted by atomic mass is 9.99. The second kappa shape index (κ2) is 11.1. The predicted molar refractivity (Wildman–Crippen MR) is 116 cm³/mol. The van der Waals surface area contributed by atoms with E-state index in [9.17, 15) is 0 Å². The van der Waals surface area contributed by atoms with E-state index in [1.165, 1.54) is 19.4 Å². The van der Waals surface area contributed by atoms with Gasteiger partial charge in [-0.3, -0.25) is 9.89 Å².